The number of hydrogen-bond acceptors (Lipinski definition) is 10. The Hall–Kier alpha value is -4.03. The number of carboxylic acids is 2. The van der Waals surface area contributed by atoms with Crippen LogP contribution in [-0.2, 0) is 28.8 Å². The van der Waals surface area contributed by atoms with E-state index in [1.165, 1.54) is 4.90 Å². The van der Waals surface area contributed by atoms with Gasteiger partial charge in [0, 0.05) is 19.5 Å². The predicted molar refractivity (Wildman–Crippen MR) is 169 cm³/mol. The van der Waals surface area contributed by atoms with E-state index in [0.717, 1.165) is 0 Å². The highest BCUT2D eigenvalue weighted by atomic mass is 16.4. The Morgan fingerprint density at radius 2 is 1.39 bits per heavy atom. The zero-order valence-corrected chi connectivity index (χ0v) is 26.3. The summed E-state index contributed by atoms with van der Waals surface area (Å²) >= 11 is 0. The number of carbonyl (C=O) groups excluding carboxylic acids is 4. The third-order valence-electron chi connectivity index (χ3n) is 7.55. The van der Waals surface area contributed by atoms with Gasteiger partial charge in [0.25, 0.3) is 0 Å². The minimum atomic E-state index is -1.29. The second-order valence-corrected chi connectivity index (χ2v) is 11.3. The normalized spacial score (nSPS) is 16.8. The molecule has 46 heavy (non-hydrogen) atoms. The first kappa shape index (κ1) is 40.0. The highest BCUT2D eigenvalue weighted by Gasteiger charge is 2.39. The average Bonchev–Trinajstić information content (AvgIpc) is 3.49. The van der Waals surface area contributed by atoms with Gasteiger partial charge < -0.3 is 59.7 Å². The second-order valence-electron chi connectivity index (χ2n) is 11.3. The molecule has 4 amide bonds. The quantitative estimate of drug-likeness (QED) is 0.0298. The maximum Gasteiger partial charge on any atom is 0.326 e. The highest BCUT2D eigenvalue weighted by molar-refractivity contribution is 5.95. The lowest BCUT2D eigenvalue weighted by molar-refractivity contribution is -0.145. The molecule has 18 nitrogen and oxygen atoms in total. The summed E-state index contributed by atoms with van der Waals surface area (Å²) in [6, 6.07) is -5.57. The molecule has 1 aliphatic heterocycles. The molecule has 262 valence electrons. The molecule has 18 heteroatoms. The fourth-order valence-electron chi connectivity index (χ4n) is 5.01. The lowest BCUT2D eigenvalue weighted by Gasteiger charge is -2.30. The fraction of sp³-hybridized carbons (Fsp3) is 0.750. The Balaban J connectivity index is 3.08. The zero-order valence-electron chi connectivity index (χ0n) is 26.3. The van der Waals surface area contributed by atoms with Gasteiger partial charge in [-0.3, -0.25) is 29.0 Å². The number of carboxylic acid groups (broad SMARTS) is 2. The molecule has 0 aromatic heterocycles. The van der Waals surface area contributed by atoms with E-state index < -0.39 is 72.2 Å². The summed E-state index contributed by atoms with van der Waals surface area (Å²) in [5.74, 6) is -5.21. The summed E-state index contributed by atoms with van der Waals surface area (Å²) in [5, 5.41) is 26.5. The van der Waals surface area contributed by atoms with Crippen molar-refractivity contribution in [1.29, 1.82) is 0 Å². The van der Waals surface area contributed by atoms with Crippen molar-refractivity contribution in [1.82, 2.24) is 20.9 Å². The molecule has 0 aromatic carbocycles. The van der Waals surface area contributed by atoms with Crippen LogP contribution in [0.5, 0.6) is 0 Å². The van der Waals surface area contributed by atoms with Crippen molar-refractivity contribution >= 4 is 41.5 Å². The van der Waals surface area contributed by atoms with Gasteiger partial charge in [-0.1, -0.05) is 6.42 Å². The molecule has 0 spiro atoms. The Morgan fingerprint density at radius 1 is 0.783 bits per heavy atom. The molecule has 15 N–H and O–H groups in total. The lowest BCUT2D eigenvalue weighted by atomic mass is 10.0. The Bertz CT molecular complexity index is 1060. The molecule has 1 aliphatic rings. The van der Waals surface area contributed by atoms with Gasteiger partial charge in [0.15, 0.2) is 5.96 Å². The summed E-state index contributed by atoms with van der Waals surface area (Å²) in [4.78, 5) is 81.3. The minimum absolute atomic E-state index is 0.0520. The van der Waals surface area contributed by atoms with Gasteiger partial charge in [0.2, 0.25) is 23.6 Å². The van der Waals surface area contributed by atoms with Gasteiger partial charge >= 0.3 is 11.9 Å². The van der Waals surface area contributed by atoms with Crippen LogP contribution < -0.4 is 44.6 Å². The van der Waals surface area contributed by atoms with Crippen molar-refractivity contribution in [3.63, 3.8) is 0 Å². The Morgan fingerprint density at radius 3 is 1.98 bits per heavy atom. The maximum atomic E-state index is 13.8. The van der Waals surface area contributed by atoms with Crippen LogP contribution in [0.2, 0.25) is 0 Å². The van der Waals surface area contributed by atoms with Crippen LogP contribution in [0.3, 0.4) is 0 Å². The number of likely N-dealkylation sites (tertiary alicyclic amines) is 1. The molecule has 1 fully saturated rings. The first-order chi connectivity index (χ1) is 21.8. The summed E-state index contributed by atoms with van der Waals surface area (Å²) in [5.41, 5.74) is 27.6. The van der Waals surface area contributed by atoms with Crippen LogP contribution in [0.4, 0.5) is 0 Å². The van der Waals surface area contributed by atoms with Gasteiger partial charge in [-0.05, 0) is 77.3 Å². The molecule has 1 saturated heterocycles. The largest absolute Gasteiger partial charge is 0.481 e. The number of nitrogens with one attached hydrogen (secondary N) is 3. The Kier molecular flexibility index (Phi) is 18.8. The first-order valence-corrected chi connectivity index (χ1v) is 15.7. The van der Waals surface area contributed by atoms with Crippen molar-refractivity contribution in [2.45, 2.75) is 107 Å². The number of guanidine groups is 1. The summed E-state index contributed by atoms with van der Waals surface area (Å²) < 4.78 is 0. The van der Waals surface area contributed by atoms with Crippen LogP contribution in [0.15, 0.2) is 4.99 Å². The summed E-state index contributed by atoms with van der Waals surface area (Å²) in [7, 11) is 0. The van der Waals surface area contributed by atoms with E-state index in [-0.39, 0.29) is 51.2 Å². The number of unbranched alkanes of at least 4 members (excludes halogenated alkanes) is 2. The Labute approximate surface area is 268 Å². The van der Waals surface area contributed by atoms with Gasteiger partial charge in [0.05, 0.1) is 6.04 Å². The molecule has 0 saturated carbocycles. The molecular weight excluding hydrogens is 604 g/mol. The standard InChI is InChI=1S/C28H52N10O8/c29-13-3-1-7-17(31)23(41)35-18(11-12-22(39)40)24(42)36-19(8-2-4-14-30)26(44)38-16-6-10-21(38)25(43)37-20(27(45)46)9-5-15-34-28(32)33/h17-21H,1-16,29-31H2,(H,35,41)(H,36,42)(H,37,43)(H,39,40)(H,45,46)(H4,32,33,34)/t17-,18-,19-,20-,21-/m0/s1. The maximum absolute atomic E-state index is 13.8. The van der Waals surface area contributed by atoms with Crippen molar-refractivity contribution < 1.29 is 39.0 Å². The molecule has 1 heterocycles. The lowest BCUT2D eigenvalue weighted by Crippen LogP contribution is -2.58. The SMILES string of the molecule is NCCCC[C@H](NC(=O)[C@H](CCC(=O)O)NC(=O)[C@@H](N)CCCCN)C(=O)N1CCC[C@H]1C(=O)N[C@@H](CCCN=C(N)N)C(=O)O. The number of rotatable bonds is 23. The summed E-state index contributed by atoms with van der Waals surface area (Å²) in [6.45, 7) is 1.13. The van der Waals surface area contributed by atoms with Crippen LogP contribution in [0.25, 0.3) is 0 Å². The number of nitrogens with two attached hydrogens (primary N) is 5. The predicted octanol–water partition coefficient (Wildman–Crippen LogP) is -2.98. The monoisotopic (exact) mass is 656 g/mol. The van der Waals surface area contributed by atoms with Crippen molar-refractivity contribution in [2.75, 3.05) is 26.2 Å². The van der Waals surface area contributed by atoms with Crippen LogP contribution in [-0.4, -0.2) is 113 Å². The van der Waals surface area contributed by atoms with Crippen molar-refractivity contribution in [3.05, 3.63) is 0 Å². The first-order valence-electron chi connectivity index (χ1n) is 15.7. The number of aliphatic carboxylic acids is 2. The second kappa shape index (κ2) is 21.7. The number of aliphatic imine (C=N–C) groups is 1. The third-order valence-corrected chi connectivity index (χ3v) is 7.55. The van der Waals surface area contributed by atoms with E-state index in [1.807, 2.05) is 0 Å². The highest BCUT2D eigenvalue weighted by Crippen LogP contribution is 2.21. The molecule has 5 atom stereocenters. The van der Waals surface area contributed by atoms with E-state index in [1.54, 1.807) is 0 Å². The van der Waals surface area contributed by atoms with Gasteiger partial charge in [-0.15, -0.1) is 0 Å². The van der Waals surface area contributed by atoms with Crippen molar-refractivity contribution in [2.24, 2.45) is 33.7 Å². The van der Waals surface area contributed by atoms with Gasteiger partial charge in [-0.25, -0.2) is 4.79 Å². The zero-order chi connectivity index (χ0) is 34.6. The van der Waals surface area contributed by atoms with Crippen molar-refractivity contribution in [3.8, 4) is 0 Å². The number of amides is 4. The fourth-order valence-corrected chi connectivity index (χ4v) is 5.01. The topological polar surface area (TPSA) is 325 Å². The molecule has 0 unspecified atom stereocenters. The molecule has 0 aromatic rings. The van der Waals surface area contributed by atoms with E-state index >= 15 is 0 Å². The number of hydrogen-bond donors (Lipinski definition) is 10. The minimum Gasteiger partial charge on any atom is -0.481 e. The molecule has 0 bridgehead atoms. The molecule has 1 rings (SSSR count). The summed E-state index contributed by atoms with van der Waals surface area (Å²) in [6.07, 6.45) is 3.11. The molecular formula is C28H52N10O8. The van der Waals surface area contributed by atoms with Gasteiger partial charge in [0.1, 0.15) is 24.2 Å². The average molecular weight is 657 g/mol. The van der Waals surface area contributed by atoms with E-state index in [9.17, 15) is 39.0 Å². The van der Waals surface area contributed by atoms with Crippen LogP contribution >= 0.6 is 0 Å². The van der Waals surface area contributed by atoms with E-state index in [4.69, 9.17) is 28.7 Å². The third kappa shape index (κ3) is 14.8. The van der Waals surface area contributed by atoms with Crippen LogP contribution in [0, 0.1) is 0 Å². The van der Waals surface area contributed by atoms with E-state index in [0.29, 0.717) is 51.6 Å². The van der Waals surface area contributed by atoms with Crippen LogP contribution in [0.1, 0.15) is 77.0 Å². The van der Waals surface area contributed by atoms with E-state index in [2.05, 4.69) is 20.9 Å². The smallest absolute Gasteiger partial charge is 0.326 e. The molecule has 0 radical (unpaired) electrons. The number of carbonyl (C=O) groups is 6. The number of nitrogens with zero attached hydrogens (tertiary/aromatic N) is 2. The van der Waals surface area contributed by atoms with Gasteiger partial charge in [-0.2, -0.15) is 0 Å². The molecule has 0 aliphatic carbocycles.